The van der Waals surface area contributed by atoms with E-state index in [9.17, 15) is 5.11 Å². The van der Waals surface area contributed by atoms with Crippen LogP contribution in [0.15, 0.2) is 0 Å². The van der Waals surface area contributed by atoms with E-state index in [0.29, 0.717) is 18.7 Å². The molecule has 1 aliphatic carbocycles. The lowest BCUT2D eigenvalue weighted by atomic mass is 9.92. The normalized spacial score (nSPS) is 35.4. The molecule has 1 heterocycles. The molecule has 2 unspecified atom stereocenters. The van der Waals surface area contributed by atoms with Crippen molar-refractivity contribution in [1.82, 2.24) is 9.80 Å². The zero-order valence-corrected chi connectivity index (χ0v) is 10.7. The first-order valence-electron chi connectivity index (χ1n) is 6.79. The largest absolute Gasteiger partial charge is 0.395 e. The molecule has 1 saturated carbocycles. The van der Waals surface area contributed by atoms with Crippen LogP contribution in [0.1, 0.15) is 39.0 Å². The number of aliphatic hydroxyl groups is 1. The first-order valence-corrected chi connectivity index (χ1v) is 6.79. The smallest absolute Gasteiger partial charge is 0.0599 e. The summed E-state index contributed by atoms with van der Waals surface area (Å²) in [5, 5.41) is 9.43. The molecule has 3 heteroatoms. The predicted molar refractivity (Wildman–Crippen MR) is 66.5 cm³/mol. The molecule has 94 valence electrons. The number of rotatable bonds is 2. The molecule has 0 bridgehead atoms. The van der Waals surface area contributed by atoms with Crippen molar-refractivity contribution in [3.05, 3.63) is 0 Å². The number of hydrogen-bond acceptors (Lipinski definition) is 3. The number of likely N-dealkylation sites (N-methyl/N-ethyl adjacent to an activating group) is 1. The number of hydrogen-bond donors (Lipinski definition) is 1. The predicted octanol–water partition coefficient (Wildman–Crippen LogP) is 1.32. The maximum Gasteiger partial charge on any atom is 0.0599 e. The molecular weight excluding hydrogens is 200 g/mol. The van der Waals surface area contributed by atoms with E-state index in [0.717, 1.165) is 12.6 Å². The van der Waals surface area contributed by atoms with Crippen LogP contribution in [-0.2, 0) is 0 Å². The molecule has 16 heavy (non-hydrogen) atoms. The molecule has 2 atom stereocenters. The molecule has 0 spiro atoms. The van der Waals surface area contributed by atoms with Gasteiger partial charge in [-0.15, -0.1) is 0 Å². The molecule has 0 amide bonds. The lowest BCUT2D eigenvalue weighted by Crippen LogP contribution is -2.59. The van der Waals surface area contributed by atoms with Crippen molar-refractivity contribution in [2.24, 2.45) is 0 Å². The third kappa shape index (κ3) is 2.58. The highest BCUT2D eigenvalue weighted by Gasteiger charge is 2.32. The van der Waals surface area contributed by atoms with Crippen molar-refractivity contribution in [1.29, 1.82) is 0 Å². The summed E-state index contributed by atoms with van der Waals surface area (Å²) in [5.41, 5.74) is 0. The fourth-order valence-corrected chi connectivity index (χ4v) is 3.23. The van der Waals surface area contributed by atoms with Gasteiger partial charge in [0, 0.05) is 31.2 Å². The Kier molecular flexibility index (Phi) is 4.22. The van der Waals surface area contributed by atoms with Gasteiger partial charge in [0.25, 0.3) is 0 Å². The lowest BCUT2D eigenvalue weighted by molar-refractivity contribution is -0.00438. The molecule has 0 aromatic rings. The topological polar surface area (TPSA) is 26.7 Å². The highest BCUT2D eigenvalue weighted by molar-refractivity contribution is 4.89. The average molecular weight is 226 g/mol. The summed E-state index contributed by atoms with van der Waals surface area (Å²) in [4.78, 5) is 4.96. The van der Waals surface area contributed by atoms with Crippen molar-refractivity contribution in [2.75, 3.05) is 26.7 Å². The van der Waals surface area contributed by atoms with Crippen LogP contribution in [0.4, 0.5) is 0 Å². The molecular formula is C13H26N2O. The van der Waals surface area contributed by atoms with Crippen LogP contribution in [0.3, 0.4) is 0 Å². The first kappa shape index (κ1) is 12.3. The Morgan fingerprint density at radius 1 is 1.12 bits per heavy atom. The van der Waals surface area contributed by atoms with E-state index >= 15 is 0 Å². The van der Waals surface area contributed by atoms with Crippen LogP contribution in [0, 0.1) is 0 Å². The molecule has 1 saturated heterocycles. The van der Waals surface area contributed by atoms with Gasteiger partial charge in [-0.05, 0) is 26.8 Å². The Bertz CT molecular complexity index is 216. The molecule has 2 aliphatic rings. The molecule has 0 aromatic carbocycles. The van der Waals surface area contributed by atoms with Gasteiger partial charge in [-0.2, -0.15) is 0 Å². The summed E-state index contributed by atoms with van der Waals surface area (Å²) in [5.74, 6) is 0. The van der Waals surface area contributed by atoms with Gasteiger partial charge in [0.2, 0.25) is 0 Å². The van der Waals surface area contributed by atoms with E-state index in [4.69, 9.17) is 0 Å². The molecule has 2 rings (SSSR count). The van der Waals surface area contributed by atoms with E-state index in [1.165, 1.54) is 38.6 Å². The van der Waals surface area contributed by atoms with E-state index in [2.05, 4.69) is 23.8 Å². The molecule has 0 aromatic heterocycles. The highest BCUT2D eigenvalue weighted by Crippen LogP contribution is 2.25. The molecule has 0 radical (unpaired) electrons. The molecule has 2 fully saturated rings. The highest BCUT2D eigenvalue weighted by atomic mass is 16.3. The Morgan fingerprint density at radius 3 is 2.44 bits per heavy atom. The molecule has 1 aliphatic heterocycles. The quantitative estimate of drug-likeness (QED) is 0.769. The Hall–Kier alpha value is -0.120. The number of nitrogens with zero attached hydrogens (tertiary/aromatic N) is 2. The van der Waals surface area contributed by atoms with E-state index in [1.807, 2.05) is 0 Å². The van der Waals surface area contributed by atoms with E-state index in [1.54, 1.807) is 0 Å². The summed E-state index contributed by atoms with van der Waals surface area (Å²) in [6.45, 7) is 4.81. The zero-order chi connectivity index (χ0) is 11.5. The van der Waals surface area contributed by atoms with Gasteiger partial charge in [0.05, 0.1) is 6.61 Å². The number of aliphatic hydroxyl groups excluding tert-OH is 1. The second kappa shape index (κ2) is 5.48. The van der Waals surface area contributed by atoms with Crippen LogP contribution in [0.25, 0.3) is 0 Å². The average Bonchev–Trinajstić information content (AvgIpc) is 2.33. The van der Waals surface area contributed by atoms with E-state index in [-0.39, 0.29) is 0 Å². The van der Waals surface area contributed by atoms with Crippen LogP contribution in [0.2, 0.25) is 0 Å². The summed E-state index contributed by atoms with van der Waals surface area (Å²) in [6, 6.07) is 1.71. The van der Waals surface area contributed by atoms with Gasteiger partial charge in [0.1, 0.15) is 0 Å². The van der Waals surface area contributed by atoms with Crippen molar-refractivity contribution in [3.8, 4) is 0 Å². The second-order valence-electron chi connectivity index (χ2n) is 5.60. The third-order valence-electron chi connectivity index (χ3n) is 4.52. The fourth-order valence-electron chi connectivity index (χ4n) is 3.23. The minimum Gasteiger partial charge on any atom is -0.395 e. The SMILES string of the molecule is CC1CN(C2CCCCC2)CC(CO)N1C. The van der Waals surface area contributed by atoms with Crippen LogP contribution in [-0.4, -0.2) is 59.8 Å². The standard InChI is InChI=1S/C13H26N2O/c1-11-8-15(9-13(10-16)14(11)2)12-6-4-3-5-7-12/h11-13,16H,3-10H2,1-2H3. The summed E-state index contributed by atoms with van der Waals surface area (Å²) < 4.78 is 0. The van der Waals surface area contributed by atoms with E-state index < -0.39 is 0 Å². The van der Waals surface area contributed by atoms with Gasteiger partial charge >= 0.3 is 0 Å². The van der Waals surface area contributed by atoms with Crippen LogP contribution >= 0.6 is 0 Å². The Labute approximate surface area is 99.4 Å². The molecule has 3 nitrogen and oxygen atoms in total. The van der Waals surface area contributed by atoms with Crippen molar-refractivity contribution < 1.29 is 5.11 Å². The van der Waals surface area contributed by atoms with Gasteiger partial charge in [-0.25, -0.2) is 0 Å². The fraction of sp³-hybridized carbons (Fsp3) is 1.00. The van der Waals surface area contributed by atoms with Gasteiger partial charge in [-0.3, -0.25) is 9.80 Å². The summed E-state index contributed by atoms with van der Waals surface area (Å²) in [7, 11) is 2.14. The number of piperazine rings is 1. The summed E-state index contributed by atoms with van der Waals surface area (Å²) >= 11 is 0. The molecule has 1 N–H and O–H groups in total. The second-order valence-corrected chi connectivity index (χ2v) is 5.60. The van der Waals surface area contributed by atoms with Gasteiger partial charge in [0.15, 0.2) is 0 Å². The van der Waals surface area contributed by atoms with Crippen molar-refractivity contribution in [2.45, 2.75) is 57.2 Å². The van der Waals surface area contributed by atoms with Crippen molar-refractivity contribution in [3.63, 3.8) is 0 Å². The maximum absolute atomic E-state index is 9.43. The Morgan fingerprint density at radius 2 is 1.81 bits per heavy atom. The maximum atomic E-state index is 9.43. The monoisotopic (exact) mass is 226 g/mol. The summed E-state index contributed by atoms with van der Waals surface area (Å²) in [6.07, 6.45) is 6.96. The Balaban J connectivity index is 1.94. The lowest BCUT2D eigenvalue weighted by Gasteiger charge is -2.47. The van der Waals surface area contributed by atoms with Gasteiger partial charge < -0.3 is 5.11 Å². The van der Waals surface area contributed by atoms with Crippen LogP contribution < -0.4 is 0 Å². The third-order valence-corrected chi connectivity index (χ3v) is 4.52. The van der Waals surface area contributed by atoms with Crippen LogP contribution in [0.5, 0.6) is 0 Å². The minimum atomic E-state index is 0.296. The minimum absolute atomic E-state index is 0.296. The zero-order valence-electron chi connectivity index (χ0n) is 10.7. The first-order chi connectivity index (χ1) is 7.72. The van der Waals surface area contributed by atoms with Gasteiger partial charge in [-0.1, -0.05) is 19.3 Å². The van der Waals surface area contributed by atoms with Crippen molar-refractivity contribution >= 4 is 0 Å².